The van der Waals surface area contributed by atoms with Gasteiger partial charge in [0.2, 0.25) is 5.91 Å². The predicted molar refractivity (Wildman–Crippen MR) is 197 cm³/mol. The van der Waals surface area contributed by atoms with Crippen LogP contribution in [0.5, 0.6) is 0 Å². The number of carbonyl (C=O) groups is 4. The second-order valence-corrected chi connectivity index (χ2v) is 14.6. The van der Waals surface area contributed by atoms with Crippen molar-refractivity contribution in [3.05, 3.63) is 94.3 Å². The Bertz CT molecular complexity index is 1800. The second kappa shape index (κ2) is 17.6. The van der Waals surface area contributed by atoms with Gasteiger partial charge in [-0.25, -0.2) is 4.39 Å². The Morgan fingerprint density at radius 2 is 1.63 bits per heavy atom. The van der Waals surface area contributed by atoms with Gasteiger partial charge < -0.3 is 26.0 Å². The zero-order chi connectivity index (χ0) is 39.2. The maximum absolute atomic E-state index is 15.1. The lowest BCUT2D eigenvalue weighted by molar-refractivity contribution is -0.154. The summed E-state index contributed by atoms with van der Waals surface area (Å²) in [4.78, 5) is 54.3. The molecule has 0 spiro atoms. The largest absolute Gasteiger partial charge is 0.461 e. The number of likely N-dealkylation sites (tertiary alicyclic amines) is 1. The van der Waals surface area contributed by atoms with Crippen LogP contribution in [0.3, 0.4) is 0 Å². The third-order valence-corrected chi connectivity index (χ3v) is 10.5. The number of carbonyl (C=O) groups excluding carboxylic acids is 4. The number of piperidine rings is 1. The van der Waals surface area contributed by atoms with Gasteiger partial charge in [0.15, 0.2) is 0 Å². The number of amides is 2. The SMILES string of the molecule is Cc1cccc(F)c1C(=O)N1CCC[C@H](C(=O)Nc2ccc(COC(=O)[C@@H](CC(=O)CN)C(C)C)c(C(F)(F)F)c2)[C@@H]1c1ccc(NC2CCCC2)cc1. The summed E-state index contributed by atoms with van der Waals surface area (Å²) in [6.07, 6.45) is 0.112. The number of anilines is 2. The molecule has 0 unspecified atom stereocenters. The van der Waals surface area contributed by atoms with Crippen LogP contribution in [0.2, 0.25) is 0 Å². The Morgan fingerprint density at radius 1 is 0.944 bits per heavy atom. The fourth-order valence-corrected chi connectivity index (χ4v) is 7.49. The summed E-state index contributed by atoms with van der Waals surface area (Å²) in [5.74, 6) is -5.12. The normalized spacial score (nSPS) is 18.4. The van der Waals surface area contributed by atoms with Gasteiger partial charge in [0.1, 0.15) is 18.2 Å². The first kappa shape index (κ1) is 40.4. The molecule has 1 saturated carbocycles. The van der Waals surface area contributed by atoms with Crippen molar-refractivity contribution in [2.75, 3.05) is 23.7 Å². The summed E-state index contributed by atoms with van der Waals surface area (Å²) >= 11 is 0. The standard InChI is InChI=1S/C41H48F4N4O5/c1-24(2)33(21-31(50)22-46)40(53)54-23-27-15-18-30(20-34(27)41(43,44)45)48-38(51)32-11-7-19-49(39(52)36-25(3)8-6-12-35(36)42)37(32)26-13-16-29(17-14-26)47-28-9-4-5-10-28/h6,8,12-18,20,24,28,32-33,37,47H,4-5,7,9-11,19,21-23,46H2,1-3H3,(H,48,51)/t32-,33-,37-/m0/s1. The molecule has 0 radical (unpaired) electrons. The van der Waals surface area contributed by atoms with Crippen molar-refractivity contribution < 1.29 is 41.5 Å². The van der Waals surface area contributed by atoms with E-state index in [2.05, 4.69) is 10.6 Å². The number of nitrogens with zero attached hydrogens (tertiary/aromatic N) is 1. The highest BCUT2D eigenvalue weighted by molar-refractivity contribution is 5.98. The Morgan fingerprint density at radius 3 is 2.26 bits per heavy atom. The molecule has 54 heavy (non-hydrogen) atoms. The minimum absolute atomic E-state index is 0.0973. The van der Waals surface area contributed by atoms with Crippen molar-refractivity contribution in [3.63, 3.8) is 0 Å². The average molecular weight is 753 g/mol. The molecule has 9 nitrogen and oxygen atoms in total. The number of alkyl halides is 3. The van der Waals surface area contributed by atoms with E-state index in [0.29, 0.717) is 30.0 Å². The van der Waals surface area contributed by atoms with E-state index in [0.717, 1.165) is 43.5 Å². The third kappa shape index (κ3) is 9.65. The quantitative estimate of drug-likeness (QED) is 0.119. The molecule has 0 bridgehead atoms. The number of esters is 1. The van der Waals surface area contributed by atoms with Gasteiger partial charge in [-0.05, 0) is 80.0 Å². The fourth-order valence-electron chi connectivity index (χ4n) is 7.49. The summed E-state index contributed by atoms with van der Waals surface area (Å²) in [6.45, 7) is 4.30. The van der Waals surface area contributed by atoms with E-state index >= 15 is 4.39 Å². The molecule has 3 aromatic rings. The van der Waals surface area contributed by atoms with Gasteiger partial charge in [0, 0.05) is 35.9 Å². The fraction of sp³-hybridized carbons (Fsp3) is 0.463. The maximum Gasteiger partial charge on any atom is 0.416 e. The molecular formula is C41H48F4N4O5. The lowest BCUT2D eigenvalue weighted by Crippen LogP contribution is -2.46. The van der Waals surface area contributed by atoms with Crippen LogP contribution in [0.1, 0.15) is 97.4 Å². The number of rotatable bonds is 13. The highest BCUT2D eigenvalue weighted by Crippen LogP contribution is 2.40. The number of ketones is 1. The Hall–Kier alpha value is -4.78. The van der Waals surface area contributed by atoms with Gasteiger partial charge in [-0.2, -0.15) is 13.2 Å². The number of hydrogen-bond acceptors (Lipinski definition) is 7. The molecule has 2 fully saturated rings. The first-order valence-electron chi connectivity index (χ1n) is 18.5. The third-order valence-electron chi connectivity index (χ3n) is 10.5. The Balaban J connectivity index is 1.41. The lowest BCUT2D eigenvalue weighted by atomic mass is 9.83. The molecule has 5 rings (SSSR count). The van der Waals surface area contributed by atoms with Crippen LogP contribution < -0.4 is 16.4 Å². The number of nitrogens with one attached hydrogen (secondary N) is 2. The van der Waals surface area contributed by atoms with Crippen molar-refractivity contribution >= 4 is 34.9 Å². The van der Waals surface area contributed by atoms with Crippen LogP contribution in [0, 0.1) is 30.5 Å². The summed E-state index contributed by atoms with van der Waals surface area (Å²) in [7, 11) is 0. The van der Waals surface area contributed by atoms with Crippen LogP contribution >= 0.6 is 0 Å². The molecular weight excluding hydrogens is 704 g/mol. The molecule has 1 aliphatic heterocycles. The molecule has 1 aliphatic carbocycles. The average Bonchev–Trinajstić information content (AvgIpc) is 3.65. The van der Waals surface area contributed by atoms with Gasteiger partial charge in [0.25, 0.3) is 5.91 Å². The number of benzene rings is 3. The zero-order valence-corrected chi connectivity index (χ0v) is 30.8. The molecule has 2 aliphatic rings. The van der Waals surface area contributed by atoms with Crippen LogP contribution in [0.15, 0.2) is 60.7 Å². The Kier molecular flexibility index (Phi) is 13.1. The van der Waals surface area contributed by atoms with Crippen LogP contribution in [0.25, 0.3) is 0 Å². The van der Waals surface area contributed by atoms with Crippen LogP contribution in [-0.4, -0.2) is 47.6 Å². The van der Waals surface area contributed by atoms with Crippen LogP contribution in [0.4, 0.5) is 28.9 Å². The molecule has 0 aromatic heterocycles. The van der Waals surface area contributed by atoms with E-state index in [1.54, 1.807) is 26.8 Å². The van der Waals surface area contributed by atoms with Gasteiger partial charge in [0.05, 0.1) is 35.5 Å². The summed E-state index contributed by atoms with van der Waals surface area (Å²) < 4.78 is 63.5. The number of hydrogen-bond donors (Lipinski definition) is 3. The molecule has 4 N–H and O–H groups in total. The van der Waals surface area contributed by atoms with Gasteiger partial charge in [-0.15, -0.1) is 0 Å². The van der Waals surface area contributed by atoms with E-state index < -0.39 is 59.8 Å². The highest BCUT2D eigenvalue weighted by Gasteiger charge is 2.41. The van der Waals surface area contributed by atoms with Crippen molar-refractivity contribution in [1.82, 2.24) is 4.90 Å². The number of ether oxygens (including phenoxy) is 1. The number of nitrogens with two attached hydrogens (primary N) is 1. The van der Waals surface area contributed by atoms with Crippen molar-refractivity contribution in [2.24, 2.45) is 23.5 Å². The number of halogens is 4. The molecule has 13 heteroatoms. The highest BCUT2D eigenvalue weighted by atomic mass is 19.4. The van der Waals surface area contributed by atoms with Gasteiger partial charge in [-0.1, -0.05) is 57.0 Å². The summed E-state index contributed by atoms with van der Waals surface area (Å²) in [5, 5.41) is 6.16. The molecule has 1 heterocycles. The minimum Gasteiger partial charge on any atom is -0.461 e. The lowest BCUT2D eigenvalue weighted by Gasteiger charge is -2.41. The number of aryl methyl sites for hydroxylation is 1. The molecule has 3 atom stereocenters. The molecule has 1 saturated heterocycles. The second-order valence-electron chi connectivity index (χ2n) is 14.6. The molecule has 290 valence electrons. The minimum atomic E-state index is -4.86. The molecule has 3 aromatic carbocycles. The first-order valence-corrected chi connectivity index (χ1v) is 18.5. The summed E-state index contributed by atoms with van der Waals surface area (Å²) in [5.41, 5.74) is 5.67. The summed E-state index contributed by atoms with van der Waals surface area (Å²) in [6, 6.07) is 14.5. The maximum atomic E-state index is 15.1. The van der Waals surface area contributed by atoms with Crippen molar-refractivity contribution in [3.8, 4) is 0 Å². The monoisotopic (exact) mass is 752 g/mol. The molecule has 2 amide bonds. The van der Waals surface area contributed by atoms with Gasteiger partial charge >= 0.3 is 12.1 Å². The van der Waals surface area contributed by atoms with Gasteiger partial charge in [-0.3, -0.25) is 19.2 Å². The Labute approximate surface area is 313 Å². The topological polar surface area (TPSA) is 131 Å². The van der Waals surface area contributed by atoms with E-state index in [1.165, 1.54) is 23.1 Å². The first-order chi connectivity index (χ1) is 25.7. The predicted octanol–water partition coefficient (Wildman–Crippen LogP) is 7.97. The van der Waals surface area contributed by atoms with E-state index in [4.69, 9.17) is 10.5 Å². The number of Topliss-reactive ketones (excluding diaryl/α,β-unsaturated/α-hetero) is 1. The van der Waals surface area contributed by atoms with Crippen molar-refractivity contribution in [1.29, 1.82) is 0 Å². The van der Waals surface area contributed by atoms with E-state index in [1.807, 2.05) is 24.3 Å². The zero-order valence-electron chi connectivity index (χ0n) is 30.8. The smallest absolute Gasteiger partial charge is 0.416 e. The van der Waals surface area contributed by atoms with E-state index in [9.17, 15) is 32.3 Å². The van der Waals surface area contributed by atoms with Crippen LogP contribution in [-0.2, 0) is 31.9 Å². The van der Waals surface area contributed by atoms with E-state index in [-0.39, 0.29) is 48.0 Å². The van der Waals surface area contributed by atoms with Crippen molar-refractivity contribution in [2.45, 2.75) is 90.6 Å².